The third kappa shape index (κ3) is 20.8. The molecule has 0 spiro atoms. The van der Waals surface area contributed by atoms with Crippen LogP contribution in [-0.4, -0.2) is 31.3 Å². The first-order valence-electron chi connectivity index (χ1n) is 14.2. The Balaban J connectivity index is 1.93. The van der Waals surface area contributed by atoms with Gasteiger partial charge in [-0.15, -0.1) is 0 Å². The lowest BCUT2D eigenvalue weighted by molar-refractivity contribution is -0.0430. The van der Waals surface area contributed by atoms with Gasteiger partial charge < -0.3 is 9.47 Å². The first kappa shape index (κ1) is 31.5. The molecule has 0 bridgehead atoms. The first-order valence-corrected chi connectivity index (χ1v) is 15.6. The van der Waals surface area contributed by atoms with Gasteiger partial charge in [-0.1, -0.05) is 128 Å². The van der Waals surface area contributed by atoms with Gasteiger partial charge in [0, 0.05) is 6.61 Å². The Bertz CT molecular complexity index is 540. The predicted octanol–water partition coefficient (Wildman–Crippen LogP) is 9.85. The van der Waals surface area contributed by atoms with E-state index in [1.807, 2.05) is 11.8 Å². The lowest BCUT2D eigenvalue weighted by atomic mass is 9.89. The summed E-state index contributed by atoms with van der Waals surface area (Å²) in [6, 6.07) is 10.5. The Morgan fingerprint density at radius 2 is 1.21 bits per heavy atom. The minimum atomic E-state index is 0.167. The van der Waals surface area contributed by atoms with Gasteiger partial charge in [0.2, 0.25) is 0 Å². The molecule has 1 rings (SSSR count). The van der Waals surface area contributed by atoms with Crippen LogP contribution in [0.5, 0.6) is 0 Å². The van der Waals surface area contributed by atoms with E-state index in [0.29, 0.717) is 13.2 Å². The molecule has 0 N–H and O–H groups in total. The van der Waals surface area contributed by atoms with E-state index in [4.69, 9.17) is 9.47 Å². The number of thioether (sulfide) groups is 1. The third-order valence-corrected chi connectivity index (χ3v) is 7.06. The molecule has 1 unspecified atom stereocenters. The highest BCUT2D eigenvalue weighted by Gasteiger charge is 2.19. The highest BCUT2D eigenvalue weighted by molar-refractivity contribution is 7.98. The highest BCUT2D eigenvalue weighted by Crippen LogP contribution is 2.23. The third-order valence-electron chi connectivity index (χ3n) is 6.36. The summed E-state index contributed by atoms with van der Waals surface area (Å²) < 4.78 is 12.2. The Morgan fingerprint density at radius 3 is 1.71 bits per heavy atom. The molecule has 2 nitrogen and oxygen atoms in total. The van der Waals surface area contributed by atoms with Crippen molar-refractivity contribution in [3.05, 3.63) is 35.9 Å². The molecule has 0 aliphatic heterocycles. The Morgan fingerprint density at radius 1 is 0.706 bits per heavy atom. The van der Waals surface area contributed by atoms with Crippen molar-refractivity contribution in [2.45, 2.75) is 130 Å². The van der Waals surface area contributed by atoms with Gasteiger partial charge in [-0.2, -0.15) is 11.8 Å². The summed E-state index contributed by atoms with van der Waals surface area (Å²) in [5, 5.41) is 0. The SMILES string of the molecule is CSCCCCCCCCCCCCCCCCOCC(CC(C)(C)C)OCc1ccccc1. The number of hydrogen-bond donors (Lipinski definition) is 0. The van der Waals surface area contributed by atoms with Gasteiger partial charge in [0.25, 0.3) is 0 Å². The van der Waals surface area contributed by atoms with Gasteiger partial charge in [-0.25, -0.2) is 0 Å². The van der Waals surface area contributed by atoms with E-state index in [0.717, 1.165) is 13.0 Å². The summed E-state index contributed by atoms with van der Waals surface area (Å²) in [5.74, 6) is 1.34. The second-order valence-corrected chi connectivity index (χ2v) is 12.2. The van der Waals surface area contributed by atoms with Crippen LogP contribution in [0.25, 0.3) is 0 Å². The summed E-state index contributed by atoms with van der Waals surface area (Å²) in [6.07, 6.45) is 23.0. The second-order valence-electron chi connectivity index (χ2n) is 11.2. The number of ether oxygens (including phenoxy) is 2. The fraction of sp³-hybridized carbons (Fsp3) is 0.806. The van der Waals surface area contributed by atoms with E-state index >= 15 is 0 Å². The smallest absolute Gasteiger partial charge is 0.0818 e. The lowest BCUT2D eigenvalue weighted by Crippen LogP contribution is -2.26. The average molecular weight is 493 g/mol. The Hall–Kier alpha value is -0.510. The van der Waals surface area contributed by atoms with E-state index in [1.54, 1.807) is 0 Å². The molecular formula is C31H56O2S. The van der Waals surface area contributed by atoms with Gasteiger partial charge in [-0.05, 0) is 42.2 Å². The van der Waals surface area contributed by atoms with Crippen LogP contribution in [0.4, 0.5) is 0 Å². The predicted molar refractivity (Wildman–Crippen MR) is 153 cm³/mol. The van der Waals surface area contributed by atoms with E-state index in [9.17, 15) is 0 Å². The van der Waals surface area contributed by atoms with Crippen molar-refractivity contribution in [2.24, 2.45) is 5.41 Å². The summed E-state index contributed by atoms with van der Waals surface area (Å²) in [4.78, 5) is 0. The molecule has 0 saturated heterocycles. The van der Waals surface area contributed by atoms with Crippen LogP contribution in [0.1, 0.15) is 123 Å². The van der Waals surface area contributed by atoms with Gasteiger partial charge in [-0.3, -0.25) is 0 Å². The zero-order chi connectivity index (χ0) is 24.7. The van der Waals surface area contributed by atoms with Gasteiger partial charge in [0.15, 0.2) is 0 Å². The summed E-state index contributed by atoms with van der Waals surface area (Å²) >= 11 is 1.98. The molecule has 0 radical (unpaired) electrons. The van der Waals surface area contributed by atoms with Crippen LogP contribution in [0, 0.1) is 5.41 Å². The minimum absolute atomic E-state index is 0.167. The van der Waals surface area contributed by atoms with Crippen LogP contribution in [-0.2, 0) is 16.1 Å². The quantitative estimate of drug-likeness (QED) is 0.142. The van der Waals surface area contributed by atoms with Gasteiger partial charge >= 0.3 is 0 Å². The Kier molecular flexibility index (Phi) is 20.2. The molecule has 1 atom stereocenters. The van der Waals surface area contributed by atoms with Crippen LogP contribution < -0.4 is 0 Å². The van der Waals surface area contributed by atoms with Crippen LogP contribution in [0.2, 0.25) is 0 Å². The molecular weight excluding hydrogens is 436 g/mol. The highest BCUT2D eigenvalue weighted by atomic mass is 32.2. The molecule has 0 aromatic heterocycles. The molecule has 0 saturated carbocycles. The van der Waals surface area contributed by atoms with Crippen molar-refractivity contribution < 1.29 is 9.47 Å². The maximum Gasteiger partial charge on any atom is 0.0818 e. The minimum Gasteiger partial charge on any atom is -0.379 e. The van der Waals surface area contributed by atoms with E-state index in [2.05, 4.69) is 57.4 Å². The fourth-order valence-electron chi connectivity index (χ4n) is 4.42. The first-order chi connectivity index (χ1) is 16.5. The summed E-state index contributed by atoms with van der Waals surface area (Å²) in [7, 11) is 0. The largest absolute Gasteiger partial charge is 0.379 e. The number of unbranched alkanes of at least 4 members (excludes halogenated alkanes) is 13. The molecule has 0 aliphatic rings. The topological polar surface area (TPSA) is 18.5 Å². The molecule has 3 heteroatoms. The zero-order valence-electron chi connectivity index (χ0n) is 23.1. The second kappa shape index (κ2) is 21.7. The Labute approximate surface area is 217 Å². The van der Waals surface area contributed by atoms with Crippen molar-refractivity contribution in [2.75, 3.05) is 25.2 Å². The van der Waals surface area contributed by atoms with E-state index in [1.165, 1.54) is 101 Å². The molecule has 1 aromatic carbocycles. The standard InChI is InChI=1S/C31H56O2S/c1-31(2,3)26-30(33-27-29-22-18-17-19-23-29)28-32-24-20-15-13-11-9-7-5-6-8-10-12-14-16-21-25-34-4/h17-19,22-23,30H,5-16,20-21,24-28H2,1-4H3. The molecule has 0 amide bonds. The molecule has 0 aliphatic carbocycles. The molecule has 1 aromatic rings. The van der Waals surface area contributed by atoms with Gasteiger partial charge in [0.05, 0.1) is 19.3 Å². The lowest BCUT2D eigenvalue weighted by Gasteiger charge is -2.26. The van der Waals surface area contributed by atoms with Crippen LogP contribution in [0.15, 0.2) is 30.3 Å². The summed E-state index contributed by atoms with van der Waals surface area (Å²) in [6.45, 7) is 9.08. The maximum atomic E-state index is 6.21. The molecule has 34 heavy (non-hydrogen) atoms. The number of hydrogen-bond acceptors (Lipinski definition) is 3. The molecule has 0 heterocycles. The van der Waals surface area contributed by atoms with Crippen LogP contribution >= 0.6 is 11.8 Å². The molecule has 198 valence electrons. The fourth-order valence-corrected chi connectivity index (χ4v) is 4.92. The normalized spacial score (nSPS) is 12.8. The average Bonchev–Trinajstić information content (AvgIpc) is 2.81. The van der Waals surface area contributed by atoms with Crippen molar-refractivity contribution in [1.29, 1.82) is 0 Å². The number of benzene rings is 1. The monoisotopic (exact) mass is 492 g/mol. The maximum absolute atomic E-state index is 6.21. The van der Waals surface area contributed by atoms with Crippen molar-refractivity contribution in [3.8, 4) is 0 Å². The summed E-state index contributed by atoms with van der Waals surface area (Å²) in [5.41, 5.74) is 1.48. The van der Waals surface area contributed by atoms with E-state index in [-0.39, 0.29) is 11.5 Å². The number of rotatable bonds is 23. The van der Waals surface area contributed by atoms with Crippen LogP contribution in [0.3, 0.4) is 0 Å². The van der Waals surface area contributed by atoms with Gasteiger partial charge in [0.1, 0.15) is 0 Å². The van der Waals surface area contributed by atoms with Crippen molar-refractivity contribution >= 4 is 11.8 Å². The molecule has 0 fully saturated rings. The zero-order valence-corrected chi connectivity index (χ0v) is 23.9. The van der Waals surface area contributed by atoms with E-state index < -0.39 is 0 Å². The van der Waals surface area contributed by atoms with Crippen molar-refractivity contribution in [1.82, 2.24) is 0 Å². The van der Waals surface area contributed by atoms with Crippen molar-refractivity contribution in [3.63, 3.8) is 0 Å².